The van der Waals surface area contributed by atoms with Crippen LogP contribution in [0, 0.1) is 13.8 Å². The van der Waals surface area contributed by atoms with Crippen molar-refractivity contribution in [1.82, 2.24) is 10.3 Å². The van der Waals surface area contributed by atoms with Crippen LogP contribution in [0.15, 0.2) is 28.7 Å². The van der Waals surface area contributed by atoms with Gasteiger partial charge >= 0.3 is 0 Å². The Balaban J connectivity index is 1.86. The van der Waals surface area contributed by atoms with E-state index in [0.717, 1.165) is 22.8 Å². The highest BCUT2D eigenvalue weighted by atomic mass is 16.5. The summed E-state index contributed by atoms with van der Waals surface area (Å²) >= 11 is 0. The quantitative estimate of drug-likeness (QED) is 0.846. The summed E-state index contributed by atoms with van der Waals surface area (Å²) in [7, 11) is 1.61. The lowest BCUT2D eigenvalue weighted by molar-refractivity contribution is 0.172. The van der Waals surface area contributed by atoms with E-state index in [4.69, 9.17) is 9.15 Å². The zero-order chi connectivity index (χ0) is 14.5. The number of nitrogens with one attached hydrogen (secondary N) is 1. The van der Waals surface area contributed by atoms with Crippen LogP contribution in [0.1, 0.15) is 29.0 Å². The van der Waals surface area contributed by atoms with Gasteiger partial charge in [0.1, 0.15) is 11.5 Å². The molecule has 1 heterocycles. The van der Waals surface area contributed by atoms with Gasteiger partial charge in [0, 0.05) is 6.54 Å². The van der Waals surface area contributed by atoms with Gasteiger partial charge in [0.25, 0.3) is 0 Å². The Kier molecular flexibility index (Phi) is 4.76. The van der Waals surface area contributed by atoms with Gasteiger partial charge in [-0.2, -0.15) is 0 Å². The fraction of sp³-hybridized carbons (Fsp3) is 0.400. The van der Waals surface area contributed by atoms with Crippen LogP contribution in [0.3, 0.4) is 0 Å². The van der Waals surface area contributed by atoms with Gasteiger partial charge in [-0.05, 0) is 31.5 Å². The van der Waals surface area contributed by atoms with Crippen molar-refractivity contribution in [2.45, 2.75) is 26.5 Å². The van der Waals surface area contributed by atoms with E-state index in [0.29, 0.717) is 19.0 Å². The molecule has 1 aromatic carbocycles. The zero-order valence-electron chi connectivity index (χ0n) is 12.0. The second-order valence-electron chi connectivity index (χ2n) is 4.67. The van der Waals surface area contributed by atoms with Crippen molar-refractivity contribution < 1.29 is 14.3 Å². The van der Waals surface area contributed by atoms with E-state index in [2.05, 4.69) is 10.3 Å². The molecule has 0 aliphatic heterocycles. The fourth-order valence-corrected chi connectivity index (χ4v) is 1.90. The number of aryl methyl sites for hydroxylation is 2. The number of oxazole rings is 1. The number of aromatic nitrogens is 1. The number of methoxy groups -OCH3 is 1. The molecule has 1 unspecified atom stereocenters. The molecule has 0 fully saturated rings. The third-order valence-corrected chi connectivity index (χ3v) is 3.17. The van der Waals surface area contributed by atoms with E-state index >= 15 is 0 Å². The number of aliphatic hydroxyl groups excluding tert-OH is 1. The number of hydrogen-bond acceptors (Lipinski definition) is 5. The summed E-state index contributed by atoms with van der Waals surface area (Å²) in [5, 5.41) is 13.2. The predicted molar refractivity (Wildman–Crippen MR) is 75.6 cm³/mol. The highest BCUT2D eigenvalue weighted by molar-refractivity contribution is 5.29. The van der Waals surface area contributed by atoms with Crippen LogP contribution in [0.2, 0.25) is 0 Å². The van der Waals surface area contributed by atoms with Gasteiger partial charge in [0.15, 0.2) is 0 Å². The molecule has 0 aliphatic rings. The molecule has 0 amide bonds. The summed E-state index contributed by atoms with van der Waals surface area (Å²) in [6, 6.07) is 7.40. The van der Waals surface area contributed by atoms with E-state index in [1.165, 1.54) is 0 Å². The maximum atomic E-state index is 10.1. The predicted octanol–water partition coefficient (Wildman–Crippen LogP) is 2.12. The molecule has 0 saturated heterocycles. The molecule has 1 atom stereocenters. The first-order valence-electron chi connectivity index (χ1n) is 6.55. The molecule has 20 heavy (non-hydrogen) atoms. The Morgan fingerprint density at radius 2 is 2.20 bits per heavy atom. The Bertz CT molecular complexity index is 546. The SMILES string of the molecule is COc1cccc(C(O)CNCc2nc(C)c(C)o2)c1. The van der Waals surface area contributed by atoms with Gasteiger partial charge in [-0.3, -0.25) is 0 Å². The summed E-state index contributed by atoms with van der Waals surface area (Å²) < 4.78 is 10.6. The van der Waals surface area contributed by atoms with Crippen LogP contribution in [-0.4, -0.2) is 23.7 Å². The molecule has 2 N–H and O–H groups in total. The van der Waals surface area contributed by atoms with Crippen LogP contribution in [0.5, 0.6) is 5.75 Å². The van der Waals surface area contributed by atoms with Crippen molar-refractivity contribution >= 4 is 0 Å². The zero-order valence-corrected chi connectivity index (χ0v) is 12.0. The molecular formula is C15H20N2O3. The molecule has 108 valence electrons. The minimum atomic E-state index is -0.595. The van der Waals surface area contributed by atoms with Gasteiger partial charge in [-0.15, -0.1) is 0 Å². The molecule has 1 aromatic heterocycles. The average Bonchev–Trinajstić information content (AvgIpc) is 2.77. The van der Waals surface area contributed by atoms with Crippen LogP contribution in [-0.2, 0) is 6.54 Å². The number of aliphatic hydroxyl groups is 1. The second kappa shape index (κ2) is 6.54. The van der Waals surface area contributed by atoms with Gasteiger partial charge < -0.3 is 19.6 Å². The van der Waals surface area contributed by atoms with E-state index in [1.54, 1.807) is 7.11 Å². The summed E-state index contributed by atoms with van der Waals surface area (Å²) in [6.45, 7) is 4.72. The largest absolute Gasteiger partial charge is 0.497 e. The molecule has 0 spiro atoms. The highest BCUT2D eigenvalue weighted by Gasteiger charge is 2.10. The monoisotopic (exact) mass is 276 g/mol. The Labute approximate surface area is 118 Å². The Morgan fingerprint density at radius 1 is 1.40 bits per heavy atom. The molecule has 2 aromatic rings. The van der Waals surface area contributed by atoms with E-state index < -0.39 is 6.10 Å². The fourth-order valence-electron chi connectivity index (χ4n) is 1.90. The molecule has 0 saturated carbocycles. The Morgan fingerprint density at radius 3 is 2.85 bits per heavy atom. The lowest BCUT2D eigenvalue weighted by atomic mass is 10.1. The van der Waals surface area contributed by atoms with Crippen LogP contribution < -0.4 is 10.1 Å². The van der Waals surface area contributed by atoms with Gasteiger partial charge in [0.2, 0.25) is 5.89 Å². The molecule has 2 rings (SSSR count). The molecule has 0 aliphatic carbocycles. The van der Waals surface area contributed by atoms with Gasteiger partial charge in [0.05, 0.1) is 25.5 Å². The van der Waals surface area contributed by atoms with Crippen molar-refractivity contribution in [2.75, 3.05) is 13.7 Å². The number of ether oxygens (including phenoxy) is 1. The number of hydrogen-bond donors (Lipinski definition) is 2. The highest BCUT2D eigenvalue weighted by Crippen LogP contribution is 2.18. The van der Waals surface area contributed by atoms with E-state index in [1.807, 2.05) is 38.1 Å². The second-order valence-corrected chi connectivity index (χ2v) is 4.67. The standard InChI is InChI=1S/C15H20N2O3/c1-10-11(2)20-15(17-10)9-16-8-14(18)12-5-4-6-13(7-12)19-3/h4-7,14,16,18H,8-9H2,1-3H3. The maximum absolute atomic E-state index is 10.1. The Hall–Kier alpha value is -1.85. The summed E-state index contributed by atoms with van der Waals surface area (Å²) in [5.41, 5.74) is 1.71. The van der Waals surface area contributed by atoms with Gasteiger partial charge in [-0.1, -0.05) is 12.1 Å². The molecule has 0 radical (unpaired) electrons. The lowest BCUT2D eigenvalue weighted by Crippen LogP contribution is -2.21. The molecular weight excluding hydrogens is 256 g/mol. The van der Waals surface area contributed by atoms with Crippen LogP contribution in [0.25, 0.3) is 0 Å². The normalized spacial score (nSPS) is 12.4. The first kappa shape index (κ1) is 14.6. The van der Waals surface area contributed by atoms with Gasteiger partial charge in [-0.25, -0.2) is 4.98 Å². The van der Waals surface area contributed by atoms with Crippen molar-refractivity contribution in [1.29, 1.82) is 0 Å². The first-order chi connectivity index (χ1) is 9.60. The minimum absolute atomic E-state index is 0.424. The lowest BCUT2D eigenvalue weighted by Gasteiger charge is -2.12. The summed E-state index contributed by atoms with van der Waals surface area (Å²) in [4.78, 5) is 4.28. The third-order valence-electron chi connectivity index (χ3n) is 3.17. The maximum Gasteiger partial charge on any atom is 0.208 e. The summed E-state index contributed by atoms with van der Waals surface area (Å²) in [6.07, 6.45) is -0.595. The number of nitrogens with zero attached hydrogens (tertiary/aromatic N) is 1. The topological polar surface area (TPSA) is 67.5 Å². The molecule has 5 heteroatoms. The smallest absolute Gasteiger partial charge is 0.208 e. The van der Waals surface area contributed by atoms with Crippen molar-refractivity contribution in [3.63, 3.8) is 0 Å². The average molecular weight is 276 g/mol. The molecule has 0 bridgehead atoms. The van der Waals surface area contributed by atoms with Crippen molar-refractivity contribution in [2.24, 2.45) is 0 Å². The number of rotatable bonds is 6. The van der Waals surface area contributed by atoms with Crippen LogP contribution in [0.4, 0.5) is 0 Å². The van der Waals surface area contributed by atoms with Crippen molar-refractivity contribution in [3.05, 3.63) is 47.2 Å². The minimum Gasteiger partial charge on any atom is -0.497 e. The summed E-state index contributed by atoms with van der Waals surface area (Å²) in [5.74, 6) is 2.20. The third kappa shape index (κ3) is 3.59. The van der Waals surface area contributed by atoms with E-state index in [9.17, 15) is 5.11 Å². The molecule has 5 nitrogen and oxygen atoms in total. The first-order valence-corrected chi connectivity index (χ1v) is 6.55. The van der Waals surface area contributed by atoms with Crippen LogP contribution >= 0.6 is 0 Å². The number of benzene rings is 1. The van der Waals surface area contributed by atoms with E-state index in [-0.39, 0.29) is 0 Å². The van der Waals surface area contributed by atoms with Crippen molar-refractivity contribution in [3.8, 4) is 5.75 Å².